The lowest BCUT2D eigenvalue weighted by atomic mass is 9.34. The molecule has 9 N–H and O–H groups in total. The predicted molar refractivity (Wildman–Crippen MR) is 219 cm³/mol. The van der Waals surface area contributed by atoms with Crippen molar-refractivity contribution in [3.05, 3.63) is 11.6 Å². The van der Waals surface area contributed by atoms with E-state index in [0.29, 0.717) is 25.0 Å². The maximum absolute atomic E-state index is 14.1. The van der Waals surface area contributed by atoms with E-state index < -0.39 is 122 Å². The summed E-state index contributed by atoms with van der Waals surface area (Å²) in [7, 11) is 0. The van der Waals surface area contributed by atoms with Crippen LogP contribution in [0.25, 0.3) is 0 Å². The third-order valence-corrected chi connectivity index (χ3v) is 18.1. The second kappa shape index (κ2) is 17.2. The van der Waals surface area contributed by atoms with Crippen LogP contribution < -0.4 is 0 Å². The van der Waals surface area contributed by atoms with Crippen molar-refractivity contribution in [2.75, 3.05) is 13.2 Å². The largest absolute Gasteiger partial charge is 0.479 e. The summed E-state index contributed by atoms with van der Waals surface area (Å²) in [5, 5.41) is 95.4. The summed E-state index contributed by atoms with van der Waals surface area (Å²) in [5.41, 5.74) is -0.696. The van der Waals surface area contributed by atoms with Gasteiger partial charge in [-0.25, -0.2) is 4.79 Å². The summed E-state index contributed by atoms with van der Waals surface area (Å²) in [5.74, 6) is -1.20. The van der Waals surface area contributed by atoms with Crippen LogP contribution in [-0.4, -0.2) is 169 Å². The lowest BCUT2D eigenvalue weighted by Gasteiger charge is -2.70. The molecule has 362 valence electrons. The molecule has 18 heteroatoms. The Morgan fingerprint density at radius 1 is 0.766 bits per heavy atom. The zero-order chi connectivity index (χ0) is 46.6. The second-order valence-electron chi connectivity index (χ2n) is 22.1. The smallest absolute Gasteiger partial charge is 0.335 e. The highest BCUT2D eigenvalue weighted by molar-refractivity contribution is 5.85. The van der Waals surface area contributed by atoms with Crippen molar-refractivity contribution in [1.82, 2.24) is 0 Å². The first-order chi connectivity index (χ1) is 30.0. The Hall–Kier alpha value is -2.01. The van der Waals surface area contributed by atoms with E-state index in [0.717, 1.165) is 38.4 Å². The van der Waals surface area contributed by atoms with E-state index >= 15 is 0 Å². The maximum Gasteiger partial charge on any atom is 0.335 e. The first-order valence-electron chi connectivity index (χ1n) is 23.1. The number of rotatable bonds is 9. The molecular formula is C46H70O18. The van der Waals surface area contributed by atoms with Gasteiger partial charge in [-0.15, -0.1) is 0 Å². The lowest BCUT2D eigenvalue weighted by Crippen LogP contribution is -2.68. The highest BCUT2D eigenvalue weighted by Gasteiger charge is 2.69. The van der Waals surface area contributed by atoms with Gasteiger partial charge in [0.25, 0.3) is 0 Å². The fourth-order valence-corrected chi connectivity index (χ4v) is 14.3. The molecule has 0 radical (unpaired) electrons. The average molecular weight is 911 g/mol. The minimum absolute atomic E-state index is 0.0486. The molecule has 0 amide bonds. The van der Waals surface area contributed by atoms with Gasteiger partial charge in [0.1, 0.15) is 73.1 Å². The molecule has 64 heavy (non-hydrogen) atoms. The number of carbonyl (C=O) groups excluding carboxylic acids is 2. The third kappa shape index (κ3) is 7.58. The van der Waals surface area contributed by atoms with E-state index in [1.54, 1.807) is 0 Å². The Morgan fingerprint density at radius 3 is 2.12 bits per heavy atom. The molecule has 3 heterocycles. The first kappa shape index (κ1) is 48.4. The number of hydrogen-bond acceptors (Lipinski definition) is 17. The highest BCUT2D eigenvalue weighted by Crippen LogP contribution is 2.74. The monoisotopic (exact) mass is 910 g/mol. The predicted octanol–water partition coefficient (Wildman–Crippen LogP) is 0.341. The summed E-state index contributed by atoms with van der Waals surface area (Å²) in [6, 6.07) is 0. The van der Waals surface area contributed by atoms with Gasteiger partial charge in [0.2, 0.25) is 0 Å². The average Bonchev–Trinajstić information content (AvgIpc) is 3.23. The van der Waals surface area contributed by atoms with Gasteiger partial charge in [-0.05, 0) is 85.4 Å². The van der Waals surface area contributed by atoms with Gasteiger partial charge >= 0.3 is 5.97 Å². The Kier molecular flexibility index (Phi) is 13.0. The zero-order valence-corrected chi connectivity index (χ0v) is 37.6. The number of hydrogen-bond donors (Lipinski definition) is 9. The molecular weight excluding hydrogens is 840 g/mol. The summed E-state index contributed by atoms with van der Waals surface area (Å²) in [6.07, 6.45) is -16.8. The van der Waals surface area contributed by atoms with E-state index in [9.17, 15) is 60.3 Å². The molecule has 4 saturated carbocycles. The number of allylic oxidation sites excluding steroid dienone is 2. The summed E-state index contributed by atoms with van der Waals surface area (Å²) in [6.45, 7) is 11.9. The van der Waals surface area contributed by atoms with Crippen LogP contribution in [0.2, 0.25) is 0 Å². The van der Waals surface area contributed by atoms with Crippen molar-refractivity contribution in [3.63, 3.8) is 0 Å². The van der Waals surface area contributed by atoms with E-state index in [1.807, 2.05) is 6.92 Å². The van der Waals surface area contributed by atoms with E-state index in [1.165, 1.54) is 5.57 Å². The number of Topliss-reactive ketones (excluding diaryl/α,β-unsaturated/α-hetero) is 1. The van der Waals surface area contributed by atoms with Gasteiger partial charge in [0.15, 0.2) is 25.0 Å². The number of ether oxygens (including phenoxy) is 6. The molecule has 18 nitrogen and oxygen atoms in total. The second-order valence-corrected chi connectivity index (χ2v) is 22.1. The van der Waals surface area contributed by atoms with Crippen LogP contribution in [-0.2, 0) is 42.8 Å². The van der Waals surface area contributed by atoms with Crippen molar-refractivity contribution in [2.45, 2.75) is 191 Å². The Labute approximate surface area is 373 Å². The van der Waals surface area contributed by atoms with Crippen molar-refractivity contribution in [3.8, 4) is 0 Å². The van der Waals surface area contributed by atoms with Crippen LogP contribution in [0.4, 0.5) is 0 Å². The number of fused-ring (bicyclic) bond motifs is 7. The molecule has 0 aromatic carbocycles. The number of aliphatic hydroxyl groups excluding tert-OH is 8. The molecule has 23 unspecified atom stereocenters. The van der Waals surface area contributed by atoms with Gasteiger partial charge in [-0.2, -0.15) is 0 Å². The molecule has 8 rings (SSSR count). The molecule has 3 saturated heterocycles. The quantitative estimate of drug-likeness (QED) is 0.0857. The molecule has 0 aromatic heterocycles. The van der Waals surface area contributed by atoms with Crippen LogP contribution >= 0.6 is 0 Å². The molecule has 7 fully saturated rings. The number of carbonyl (C=O) groups is 3. The number of carboxylic acid groups (broad SMARTS) is 1. The molecule has 3 aliphatic heterocycles. The number of carboxylic acids is 1. The van der Waals surface area contributed by atoms with Crippen LogP contribution in [0.15, 0.2) is 11.6 Å². The van der Waals surface area contributed by atoms with Gasteiger partial charge in [-0.1, -0.05) is 53.2 Å². The number of ketones is 1. The van der Waals surface area contributed by atoms with Crippen LogP contribution in [0, 0.1) is 50.7 Å². The standard InChI is InChI=1S/C46H70O18/c1-42(2)12-9-20-21(15-42)22-7-8-27-43(3)13-11-28(44(4,19-48)26(43)10-14-45(27,5)46(22,6)16-23(20)49)61-41-37(64-40-33(55)31(53)30(52)25(17-47)60-40)35(34(56)36(63-41)38(57)58)62-39-32(54)29(51)24(50)18-59-39/h7,19-21,24-37,39-41,47,50-56H,8-18H2,1-6H3,(H,57,58). The normalized spacial score (nSPS) is 53.8. The van der Waals surface area contributed by atoms with Crippen LogP contribution in [0.1, 0.15) is 99.3 Å². The number of aldehydes is 1. The van der Waals surface area contributed by atoms with E-state index in [-0.39, 0.29) is 46.3 Å². The van der Waals surface area contributed by atoms with E-state index in [2.05, 4.69) is 40.7 Å². The molecule has 0 bridgehead atoms. The van der Waals surface area contributed by atoms with E-state index in [4.69, 9.17) is 28.4 Å². The Bertz CT molecular complexity index is 1810. The Balaban J connectivity index is 1.12. The minimum atomic E-state index is -2.11. The van der Waals surface area contributed by atoms with Gasteiger partial charge < -0.3 is 79.2 Å². The molecule has 23 atom stereocenters. The molecule has 0 spiro atoms. The van der Waals surface area contributed by atoms with Crippen molar-refractivity contribution in [2.24, 2.45) is 50.7 Å². The van der Waals surface area contributed by atoms with Crippen LogP contribution in [0.3, 0.4) is 0 Å². The first-order valence-corrected chi connectivity index (χ1v) is 23.1. The fraction of sp³-hybridized carbons (Fsp3) is 0.891. The van der Waals surface area contributed by atoms with Gasteiger partial charge in [0.05, 0.1) is 24.7 Å². The van der Waals surface area contributed by atoms with Crippen molar-refractivity contribution >= 4 is 18.0 Å². The SMILES string of the molecule is CC1(C)CCC2C(=O)CC3(C)C(=CCC4C5(C)CCC(OC6OC(C(=O)O)C(O)C(OC7OCC(O)C(O)C7O)C6OC6OC(CO)C(O)C(O)C6O)C(C)(C=O)C5CCC43C)C2C1. The summed E-state index contributed by atoms with van der Waals surface area (Å²) >= 11 is 0. The van der Waals surface area contributed by atoms with Gasteiger partial charge in [0, 0.05) is 17.8 Å². The van der Waals surface area contributed by atoms with Crippen LogP contribution in [0.5, 0.6) is 0 Å². The third-order valence-electron chi connectivity index (χ3n) is 18.1. The zero-order valence-electron chi connectivity index (χ0n) is 37.6. The lowest BCUT2D eigenvalue weighted by molar-refractivity contribution is -0.391. The topological polar surface area (TPSA) is 289 Å². The molecule has 8 aliphatic rings. The fourth-order valence-electron chi connectivity index (χ4n) is 14.3. The summed E-state index contributed by atoms with van der Waals surface area (Å²) < 4.78 is 35.9. The number of aliphatic hydroxyl groups is 8. The van der Waals surface area contributed by atoms with Crippen molar-refractivity contribution in [1.29, 1.82) is 0 Å². The molecule has 0 aromatic rings. The maximum atomic E-state index is 14.1. The number of aliphatic carboxylic acids is 1. The van der Waals surface area contributed by atoms with Crippen molar-refractivity contribution < 1.29 is 88.8 Å². The Morgan fingerprint density at radius 2 is 1.45 bits per heavy atom. The summed E-state index contributed by atoms with van der Waals surface area (Å²) in [4.78, 5) is 40.6. The van der Waals surface area contributed by atoms with Gasteiger partial charge in [-0.3, -0.25) is 4.79 Å². The highest BCUT2D eigenvalue weighted by atomic mass is 16.8. The minimum Gasteiger partial charge on any atom is -0.479 e. The molecule has 5 aliphatic carbocycles.